The average Bonchev–Trinajstić information content (AvgIpc) is 2.46. The molecule has 3 nitrogen and oxygen atoms in total. The summed E-state index contributed by atoms with van der Waals surface area (Å²) in [6.07, 6.45) is 2.02. The number of aliphatic hydroxyl groups excluding tert-OH is 1. The third kappa shape index (κ3) is 2.68. The first-order valence-corrected chi connectivity index (χ1v) is 8.05. The van der Waals surface area contributed by atoms with Crippen LogP contribution in [0.25, 0.3) is 0 Å². The van der Waals surface area contributed by atoms with Crippen LogP contribution in [-0.2, 0) is 6.42 Å². The van der Waals surface area contributed by atoms with Gasteiger partial charge in [-0.25, -0.2) is 0 Å². The van der Waals surface area contributed by atoms with E-state index in [1.165, 1.54) is 5.56 Å². The van der Waals surface area contributed by atoms with Crippen molar-refractivity contribution in [2.24, 2.45) is 0 Å². The zero-order valence-electron chi connectivity index (χ0n) is 10.7. The van der Waals surface area contributed by atoms with Gasteiger partial charge in [0.15, 0.2) is 0 Å². The van der Waals surface area contributed by atoms with Gasteiger partial charge in [-0.15, -0.1) is 0 Å². The molecule has 0 saturated heterocycles. The van der Waals surface area contributed by atoms with Gasteiger partial charge in [0.1, 0.15) is 6.10 Å². The molecule has 2 N–H and O–H groups in total. The standard InChI is InChI=1S/C15H14Br2N2O/c16-10-7-12(17)14(19-8-10)15(20)13-11-4-2-1-3-9(11)5-6-18-13/h1-4,7-8,13,15,18,20H,5-6H2. The SMILES string of the molecule is OC(c1ncc(Br)cc1Br)C1NCCc2ccccc21. The van der Waals surface area contributed by atoms with Gasteiger partial charge < -0.3 is 10.4 Å². The number of nitrogens with zero attached hydrogens (tertiary/aromatic N) is 1. The first-order valence-electron chi connectivity index (χ1n) is 6.47. The van der Waals surface area contributed by atoms with Gasteiger partial charge in [0, 0.05) is 15.1 Å². The molecule has 0 bridgehead atoms. The molecular formula is C15H14Br2N2O. The smallest absolute Gasteiger partial charge is 0.116 e. The van der Waals surface area contributed by atoms with Crippen molar-refractivity contribution in [3.05, 3.63) is 62.3 Å². The van der Waals surface area contributed by atoms with Crippen LogP contribution in [0.5, 0.6) is 0 Å². The first-order chi connectivity index (χ1) is 9.66. The van der Waals surface area contributed by atoms with E-state index in [0.29, 0.717) is 5.69 Å². The lowest BCUT2D eigenvalue weighted by atomic mass is 9.90. The van der Waals surface area contributed by atoms with Crippen LogP contribution in [-0.4, -0.2) is 16.6 Å². The van der Waals surface area contributed by atoms with Crippen LogP contribution in [0.2, 0.25) is 0 Å². The molecule has 1 aromatic carbocycles. The van der Waals surface area contributed by atoms with Gasteiger partial charge in [-0.05, 0) is 62.0 Å². The third-order valence-electron chi connectivity index (χ3n) is 3.58. The summed E-state index contributed by atoms with van der Waals surface area (Å²) in [5.41, 5.74) is 3.11. The Balaban J connectivity index is 1.97. The number of aromatic nitrogens is 1. The molecule has 5 heteroatoms. The van der Waals surface area contributed by atoms with E-state index in [9.17, 15) is 5.11 Å². The molecule has 2 unspecified atom stereocenters. The van der Waals surface area contributed by atoms with E-state index >= 15 is 0 Å². The molecule has 2 heterocycles. The number of rotatable bonds is 2. The predicted molar refractivity (Wildman–Crippen MR) is 85.5 cm³/mol. The number of halogens is 2. The average molecular weight is 398 g/mol. The number of fused-ring (bicyclic) bond motifs is 1. The topological polar surface area (TPSA) is 45.2 Å². The van der Waals surface area contributed by atoms with E-state index in [4.69, 9.17) is 0 Å². The van der Waals surface area contributed by atoms with Crippen LogP contribution in [0.15, 0.2) is 45.5 Å². The number of hydrogen-bond acceptors (Lipinski definition) is 3. The second-order valence-corrected chi connectivity index (χ2v) is 6.62. The summed E-state index contributed by atoms with van der Waals surface area (Å²) in [6.45, 7) is 0.868. The Labute approximate surface area is 134 Å². The molecule has 0 fully saturated rings. The molecule has 0 saturated carbocycles. The summed E-state index contributed by atoms with van der Waals surface area (Å²) >= 11 is 6.85. The molecule has 20 heavy (non-hydrogen) atoms. The summed E-state index contributed by atoms with van der Waals surface area (Å²) in [7, 11) is 0. The van der Waals surface area contributed by atoms with Gasteiger partial charge in [-0.2, -0.15) is 0 Å². The quantitative estimate of drug-likeness (QED) is 0.814. The van der Waals surface area contributed by atoms with Crippen LogP contribution in [0.1, 0.15) is 29.0 Å². The third-order valence-corrected chi connectivity index (χ3v) is 4.65. The largest absolute Gasteiger partial charge is 0.385 e. The molecule has 0 aliphatic carbocycles. The summed E-state index contributed by atoms with van der Waals surface area (Å²) in [5, 5.41) is 14.1. The van der Waals surface area contributed by atoms with Crippen molar-refractivity contribution in [2.75, 3.05) is 6.54 Å². The molecule has 2 aromatic rings. The van der Waals surface area contributed by atoms with Crippen LogP contribution in [0.4, 0.5) is 0 Å². The number of hydrogen-bond donors (Lipinski definition) is 2. The van der Waals surface area contributed by atoms with Crippen molar-refractivity contribution in [3.63, 3.8) is 0 Å². The lowest BCUT2D eigenvalue weighted by Gasteiger charge is -2.30. The summed E-state index contributed by atoms with van der Waals surface area (Å²) in [5.74, 6) is 0. The molecule has 0 spiro atoms. The maximum absolute atomic E-state index is 10.7. The fourth-order valence-corrected chi connectivity index (χ4v) is 3.84. The zero-order chi connectivity index (χ0) is 14.1. The van der Waals surface area contributed by atoms with E-state index in [0.717, 1.165) is 27.5 Å². The van der Waals surface area contributed by atoms with Crippen LogP contribution in [0.3, 0.4) is 0 Å². The highest BCUT2D eigenvalue weighted by Crippen LogP contribution is 2.35. The minimum absolute atomic E-state index is 0.120. The maximum Gasteiger partial charge on any atom is 0.116 e. The van der Waals surface area contributed by atoms with Gasteiger partial charge in [-0.1, -0.05) is 24.3 Å². The van der Waals surface area contributed by atoms with Crippen molar-refractivity contribution in [1.82, 2.24) is 10.3 Å². The van der Waals surface area contributed by atoms with Crippen molar-refractivity contribution in [3.8, 4) is 0 Å². The van der Waals surface area contributed by atoms with Crippen molar-refractivity contribution in [1.29, 1.82) is 0 Å². The number of pyridine rings is 1. The van der Waals surface area contributed by atoms with Crippen molar-refractivity contribution < 1.29 is 5.11 Å². The van der Waals surface area contributed by atoms with Crippen LogP contribution < -0.4 is 5.32 Å². The molecule has 1 aromatic heterocycles. The number of benzene rings is 1. The zero-order valence-corrected chi connectivity index (χ0v) is 13.9. The second-order valence-electron chi connectivity index (χ2n) is 4.85. The summed E-state index contributed by atoms with van der Waals surface area (Å²) in [6, 6.07) is 10.0. The molecule has 0 amide bonds. The Hall–Kier alpha value is -0.750. The van der Waals surface area contributed by atoms with Gasteiger partial charge in [0.05, 0.1) is 11.7 Å². The molecule has 1 aliphatic rings. The predicted octanol–water partition coefficient (Wildman–Crippen LogP) is 3.53. The first kappa shape index (κ1) is 14.2. The normalized spacial score (nSPS) is 19.4. The van der Waals surface area contributed by atoms with Gasteiger partial charge in [-0.3, -0.25) is 4.98 Å². The van der Waals surface area contributed by atoms with E-state index in [1.807, 2.05) is 18.2 Å². The van der Waals surface area contributed by atoms with Crippen molar-refractivity contribution >= 4 is 31.9 Å². The summed E-state index contributed by atoms with van der Waals surface area (Å²) in [4.78, 5) is 4.34. The van der Waals surface area contributed by atoms with E-state index in [-0.39, 0.29) is 6.04 Å². The highest BCUT2D eigenvalue weighted by atomic mass is 79.9. The minimum Gasteiger partial charge on any atom is -0.385 e. The lowest BCUT2D eigenvalue weighted by molar-refractivity contribution is 0.120. The van der Waals surface area contributed by atoms with Gasteiger partial charge in [0.2, 0.25) is 0 Å². The Bertz CT molecular complexity index is 633. The van der Waals surface area contributed by atoms with Gasteiger partial charge >= 0.3 is 0 Å². The van der Waals surface area contributed by atoms with Crippen LogP contribution in [0, 0.1) is 0 Å². The molecule has 1 aliphatic heterocycles. The second kappa shape index (κ2) is 5.93. The Morgan fingerprint density at radius 2 is 2.10 bits per heavy atom. The highest BCUT2D eigenvalue weighted by molar-refractivity contribution is 9.11. The van der Waals surface area contributed by atoms with E-state index in [2.05, 4.69) is 54.3 Å². The van der Waals surface area contributed by atoms with Crippen LogP contribution >= 0.6 is 31.9 Å². The Kier molecular flexibility index (Phi) is 4.21. The van der Waals surface area contributed by atoms with Crippen molar-refractivity contribution in [2.45, 2.75) is 18.6 Å². The number of aliphatic hydroxyl groups is 1. The maximum atomic E-state index is 10.7. The Morgan fingerprint density at radius 1 is 1.30 bits per heavy atom. The molecule has 2 atom stereocenters. The highest BCUT2D eigenvalue weighted by Gasteiger charge is 2.29. The monoisotopic (exact) mass is 396 g/mol. The molecule has 0 radical (unpaired) electrons. The Morgan fingerprint density at radius 3 is 2.90 bits per heavy atom. The fourth-order valence-electron chi connectivity index (χ4n) is 2.62. The molecule has 104 valence electrons. The minimum atomic E-state index is -0.682. The molecular weight excluding hydrogens is 384 g/mol. The van der Waals surface area contributed by atoms with E-state index in [1.54, 1.807) is 6.20 Å². The molecule has 3 rings (SSSR count). The van der Waals surface area contributed by atoms with Gasteiger partial charge in [0.25, 0.3) is 0 Å². The number of nitrogens with one attached hydrogen (secondary N) is 1. The fraction of sp³-hybridized carbons (Fsp3) is 0.267. The lowest BCUT2D eigenvalue weighted by Crippen LogP contribution is -2.34. The van der Waals surface area contributed by atoms with E-state index < -0.39 is 6.10 Å². The summed E-state index contributed by atoms with van der Waals surface area (Å²) < 4.78 is 1.70.